The monoisotopic (exact) mass is 283 g/mol. The smallest absolute Gasteiger partial charge is 0.174 e. The van der Waals surface area contributed by atoms with Crippen LogP contribution in [-0.2, 0) is 16.6 Å². The highest BCUT2D eigenvalue weighted by Crippen LogP contribution is 2.61. The van der Waals surface area contributed by atoms with Crippen LogP contribution in [0.25, 0.3) is 0 Å². The fourth-order valence-corrected chi connectivity index (χ4v) is 5.67. The number of likely N-dealkylation sites (N-methyl/N-ethyl adjacent to an activating group) is 1. The molecule has 0 amide bonds. The molecular weight excluding hydrogens is 262 g/mol. The molecule has 1 saturated heterocycles. The molecule has 0 radical (unpaired) electrons. The number of hydrogen-bond acceptors (Lipinski definition) is 3. The van der Waals surface area contributed by atoms with Crippen LogP contribution in [0.3, 0.4) is 0 Å². The van der Waals surface area contributed by atoms with E-state index in [0.717, 1.165) is 31.6 Å². The number of nitrogens with zero attached hydrogens (tertiary/aromatic N) is 1. The van der Waals surface area contributed by atoms with Crippen LogP contribution in [0.5, 0.6) is 5.75 Å². The Bertz CT molecular complexity index is 667. The van der Waals surface area contributed by atoms with Gasteiger partial charge in [0.2, 0.25) is 0 Å². The van der Waals surface area contributed by atoms with E-state index in [9.17, 15) is 4.79 Å². The standard InChI is InChI=1S/C18H21NO2/c1-10-3-4-11-9-13-12-5-6-14(20)17-18(12,7-8-19(13)2)15(11)16(10)21-17/h3-4,12-13,17H,5-9H2,1-2H3. The number of carbonyl (C=O) groups is 1. The lowest BCUT2D eigenvalue weighted by atomic mass is 9.51. The van der Waals surface area contributed by atoms with Crippen LogP contribution in [-0.4, -0.2) is 36.4 Å². The van der Waals surface area contributed by atoms with Gasteiger partial charge in [0.15, 0.2) is 11.9 Å². The largest absolute Gasteiger partial charge is 0.481 e. The number of piperidine rings is 1. The van der Waals surface area contributed by atoms with Crippen molar-refractivity contribution < 1.29 is 9.53 Å². The Labute approximate surface area is 125 Å². The second kappa shape index (κ2) is 3.70. The van der Waals surface area contributed by atoms with Crippen molar-refractivity contribution in [2.24, 2.45) is 5.92 Å². The Morgan fingerprint density at radius 2 is 2.24 bits per heavy atom. The molecule has 3 heteroatoms. The third kappa shape index (κ3) is 1.24. The molecule has 0 N–H and O–H groups in total. The first-order chi connectivity index (χ1) is 10.1. The van der Waals surface area contributed by atoms with Gasteiger partial charge in [-0.2, -0.15) is 0 Å². The Balaban J connectivity index is 1.83. The van der Waals surface area contributed by atoms with Gasteiger partial charge < -0.3 is 9.64 Å². The van der Waals surface area contributed by atoms with Gasteiger partial charge in [0.1, 0.15) is 5.75 Å². The summed E-state index contributed by atoms with van der Waals surface area (Å²) in [6.45, 7) is 3.20. The molecule has 1 spiro atoms. The summed E-state index contributed by atoms with van der Waals surface area (Å²) in [6, 6.07) is 5.03. The lowest BCUT2D eigenvalue weighted by molar-refractivity contribution is -0.138. The first-order valence-electron chi connectivity index (χ1n) is 8.15. The van der Waals surface area contributed by atoms with Crippen molar-refractivity contribution in [1.82, 2.24) is 4.90 Å². The fourth-order valence-electron chi connectivity index (χ4n) is 5.67. The predicted octanol–water partition coefficient (Wildman–Crippen LogP) is 2.23. The van der Waals surface area contributed by atoms with Gasteiger partial charge in [0, 0.05) is 23.4 Å². The summed E-state index contributed by atoms with van der Waals surface area (Å²) in [7, 11) is 2.25. The van der Waals surface area contributed by atoms with Gasteiger partial charge in [-0.3, -0.25) is 4.79 Å². The third-order valence-corrected chi connectivity index (χ3v) is 6.60. The van der Waals surface area contributed by atoms with Crippen LogP contribution in [0.15, 0.2) is 12.1 Å². The molecule has 2 fully saturated rings. The van der Waals surface area contributed by atoms with E-state index in [4.69, 9.17) is 4.74 Å². The maximum atomic E-state index is 12.6. The first-order valence-corrected chi connectivity index (χ1v) is 8.15. The minimum absolute atomic E-state index is 0.0125. The molecular formula is C18H21NO2. The van der Waals surface area contributed by atoms with E-state index < -0.39 is 0 Å². The van der Waals surface area contributed by atoms with Gasteiger partial charge in [0.05, 0.1) is 0 Å². The Morgan fingerprint density at radius 3 is 3.10 bits per heavy atom. The van der Waals surface area contributed by atoms with Crippen LogP contribution >= 0.6 is 0 Å². The minimum Gasteiger partial charge on any atom is -0.481 e. The molecule has 110 valence electrons. The number of likely N-dealkylation sites (tertiary alicyclic amines) is 1. The quantitative estimate of drug-likeness (QED) is 0.731. The number of rotatable bonds is 0. The van der Waals surface area contributed by atoms with Gasteiger partial charge in [-0.25, -0.2) is 0 Å². The second-order valence-electron chi connectivity index (χ2n) is 7.40. The summed E-state index contributed by atoms with van der Waals surface area (Å²) in [5, 5.41) is 0. The molecule has 3 nitrogen and oxygen atoms in total. The van der Waals surface area contributed by atoms with E-state index >= 15 is 0 Å². The molecule has 5 rings (SSSR count). The number of benzene rings is 1. The molecule has 1 saturated carbocycles. The molecule has 4 aliphatic rings. The predicted molar refractivity (Wildman–Crippen MR) is 79.7 cm³/mol. The summed E-state index contributed by atoms with van der Waals surface area (Å²) in [4.78, 5) is 15.1. The van der Waals surface area contributed by atoms with E-state index in [1.54, 1.807) is 0 Å². The van der Waals surface area contributed by atoms with Crippen molar-refractivity contribution in [3.63, 3.8) is 0 Å². The van der Waals surface area contributed by atoms with Crippen molar-refractivity contribution in [3.8, 4) is 5.75 Å². The van der Waals surface area contributed by atoms with Crippen molar-refractivity contribution >= 4 is 5.78 Å². The fraction of sp³-hybridized carbons (Fsp3) is 0.611. The van der Waals surface area contributed by atoms with E-state index in [2.05, 4.69) is 31.0 Å². The van der Waals surface area contributed by atoms with Crippen molar-refractivity contribution in [2.45, 2.75) is 50.2 Å². The molecule has 4 unspecified atom stereocenters. The summed E-state index contributed by atoms with van der Waals surface area (Å²) < 4.78 is 6.29. The molecule has 21 heavy (non-hydrogen) atoms. The zero-order chi connectivity index (χ0) is 14.4. The van der Waals surface area contributed by atoms with E-state index in [1.165, 1.54) is 16.7 Å². The molecule has 2 heterocycles. The topological polar surface area (TPSA) is 29.5 Å². The third-order valence-electron chi connectivity index (χ3n) is 6.60. The highest BCUT2D eigenvalue weighted by molar-refractivity contribution is 5.89. The molecule has 2 aliphatic heterocycles. The molecule has 2 bridgehead atoms. The number of Topliss-reactive ketones (excluding diaryl/α,β-unsaturated/α-hetero) is 1. The number of carbonyl (C=O) groups excluding carboxylic acids is 1. The SMILES string of the molecule is Cc1ccc2c3c1OC1C(=O)CCC4C(C2)N(C)CCC314. The molecule has 0 aromatic heterocycles. The normalized spacial score (nSPS) is 39.9. The van der Waals surface area contributed by atoms with Crippen LogP contribution in [0.4, 0.5) is 0 Å². The van der Waals surface area contributed by atoms with Crippen LogP contribution in [0.2, 0.25) is 0 Å². The van der Waals surface area contributed by atoms with Crippen LogP contribution < -0.4 is 4.74 Å². The molecule has 1 aromatic carbocycles. The van der Waals surface area contributed by atoms with E-state index in [-0.39, 0.29) is 11.5 Å². The highest BCUT2D eigenvalue weighted by atomic mass is 16.5. The van der Waals surface area contributed by atoms with Crippen LogP contribution in [0, 0.1) is 12.8 Å². The maximum Gasteiger partial charge on any atom is 0.174 e. The Morgan fingerprint density at radius 1 is 1.38 bits per heavy atom. The van der Waals surface area contributed by atoms with Gasteiger partial charge >= 0.3 is 0 Å². The van der Waals surface area contributed by atoms with Crippen molar-refractivity contribution in [1.29, 1.82) is 0 Å². The summed E-state index contributed by atoms with van der Waals surface area (Å²) in [5.41, 5.74) is 4.03. The average molecular weight is 283 g/mol. The highest BCUT2D eigenvalue weighted by Gasteiger charge is 2.65. The van der Waals surface area contributed by atoms with Crippen LogP contribution in [0.1, 0.15) is 36.0 Å². The zero-order valence-electron chi connectivity index (χ0n) is 12.7. The molecule has 2 aliphatic carbocycles. The first kappa shape index (κ1) is 12.2. The lowest BCUT2D eigenvalue weighted by Crippen LogP contribution is -2.65. The van der Waals surface area contributed by atoms with Gasteiger partial charge in [-0.1, -0.05) is 12.1 Å². The van der Waals surface area contributed by atoms with Crippen molar-refractivity contribution in [3.05, 3.63) is 28.8 Å². The summed E-state index contributed by atoms with van der Waals surface area (Å²) in [5.74, 6) is 1.97. The lowest BCUT2D eigenvalue weighted by Gasteiger charge is -2.57. The second-order valence-corrected chi connectivity index (χ2v) is 7.40. The maximum absolute atomic E-state index is 12.6. The van der Waals surface area contributed by atoms with Gasteiger partial charge in [-0.15, -0.1) is 0 Å². The summed E-state index contributed by atoms with van der Waals surface area (Å²) >= 11 is 0. The Kier molecular flexibility index (Phi) is 2.15. The average Bonchev–Trinajstić information content (AvgIpc) is 2.83. The van der Waals surface area contributed by atoms with E-state index in [1.807, 2.05) is 0 Å². The molecule has 4 atom stereocenters. The molecule has 1 aromatic rings. The number of ether oxygens (including phenoxy) is 1. The van der Waals surface area contributed by atoms with Gasteiger partial charge in [-0.05, 0) is 56.8 Å². The van der Waals surface area contributed by atoms with E-state index in [0.29, 0.717) is 24.2 Å². The summed E-state index contributed by atoms with van der Waals surface area (Å²) in [6.07, 6.45) is 3.73. The number of hydrogen-bond donors (Lipinski definition) is 0. The van der Waals surface area contributed by atoms with Gasteiger partial charge in [0.25, 0.3) is 0 Å². The zero-order valence-corrected chi connectivity index (χ0v) is 12.7. The number of aryl methyl sites for hydroxylation is 1. The Hall–Kier alpha value is -1.35. The minimum atomic E-state index is -0.206. The number of ketones is 1. The van der Waals surface area contributed by atoms with Crippen molar-refractivity contribution in [2.75, 3.05) is 13.6 Å².